The standard InChI is InChI=1S/C20H18ClN3O3/c21-15-7-5-14(6-8-15)20(26)24-11-9-23(10-12-24)19(25)13-17-16-3-1-2-4-18(16)27-22-17/h1-8H,9-13H2. The molecule has 1 aromatic heterocycles. The van der Waals surface area contributed by atoms with Crippen LogP contribution >= 0.6 is 11.6 Å². The van der Waals surface area contributed by atoms with Gasteiger partial charge in [0.2, 0.25) is 5.91 Å². The van der Waals surface area contributed by atoms with E-state index < -0.39 is 0 Å². The van der Waals surface area contributed by atoms with Crippen molar-refractivity contribution in [3.63, 3.8) is 0 Å². The van der Waals surface area contributed by atoms with Gasteiger partial charge in [-0.2, -0.15) is 0 Å². The molecular weight excluding hydrogens is 366 g/mol. The third kappa shape index (κ3) is 3.66. The number of hydrogen-bond acceptors (Lipinski definition) is 4. The number of benzene rings is 2. The lowest BCUT2D eigenvalue weighted by molar-refractivity contribution is -0.132. The van der Waals surface area contributed by atoms with Crippen molar-refractivity contribution >= 4 is 34.4 Å². The molecule has 0 spiro atoms. The predicted octanol–water partition coefficient (Wildman–Crippen LogP) is 3.01. The Morgan fingerprint density at radius 3 is 2.37 bits per heavy atom. The van der Waals surface area contributed by atoms with E-state index in [2.05, 4.69) is 5.16 Å². The molecule has 7 heteroatoms. The van der Waals surface area contributed by atoms with E-state index >= 15 is 0 Å². The maximum absolute atomic E-state index is 12.6. The molecule has 138 valence electrons. The van der Waals surface area contributed by atoms with Gasteiger partial charge in [0.05, 0.1) is 6.42 Å². The molecule has 2 heterocycles. The molecule has 0 radical (unpaired) electrons. The van der Waals surface area contributed by atoms with Crippen molar-refractivity contribution in [3.05, 3.63) is 64.8 Å². The lowest BCUT2D eigenvalue weighted by Crippen LogP contribution is -2.51. The summed E-state index contributed by atoms with van der Waals surface area (Å²) in [5.74, 6) is -0.0473. The Balaban J connectivity index is 1.36. The topological polar surface area (TPSA) is 66.7 Å². The van der Waals surface area contributed by atoms with Crippen LogP contribution in [0, 0.1) is 0 Å². The summed E-state index contributed by atoms with van der Waals surface area (Å²) in [6, 6.07) is 14.3. The van der Waals surface area contributed by atoms with Gasteiger partial charge in [0.15, 0.2) is 5.58 Å². The summed E-state index contributed by atoms with van der Waals surface area (Å²) in [6.07, 6.45) is 0.197. The van der Waals surface area contributed by atoms with Crippen LogP contribution in [0.2, 0.25) is 5.02 Å². The number of hydrogen-bond donors (Lipinski definition) is 0. The van der Waals surface area contributed by atoms with Crippen molar-refractivity contribution in [2.75, 3.05) is 26.2 Å². The highest BCUT2D eigenvalue weighted by Gasteiger charge is 2.25. The van der Waals surface area contributed by atoms with Crippen LogP contribution in [0.3, 0.4) is 0 Å². The molecule has 1 aliphatic heterocycles. The molecule has 0 bridgehead atoms. The van der Waals surface area contributed by atoms with Gasteiger partial charge in [-0.1, -0.05) is 28.9 Å². The second-order valence-corrected chi connectivity index (χ2v) is 6.92. The van der Waals surface area contributed by atoms with Crippen LogP contribution in [0.4, 0.5) is 0 Å². The van der Waals surface area contributed by atoms with Gasteiger partial charge in [0.25, 0.3) is 5.91 Å². The van der Waals surface area contributed by atoms with Crippen LogP contribution in [-0.4, -0.2) is 52.9 Å². The predicted molar refractivity (Wildman–Crippen MR) is 102 cm³/mol. The summed E-state index contributed by atoms with van der Waals surface area (Å²) < 4.78 is 5.26. The van der Waals surface area contributed by atoms with Gasteiger partial charge in [-0.3, -0.25) is 9.59 Å². The molecule has 6 nitrogen and oxygen atoms in total. The Hall–Kier alpha value is -2.86. The van der Waals surface area contributed by atoms with Gasteiger partial charge < -0.3 is 14.3 Å². The lowest BCUT2D eigenvalue weighted by atomic mass is 10.1. The molecule has 27 heavy (non-hydrogen) atoms. The third-order valence-electron chi connectivity index (χ3n) is 4.78. The van der Waals surface area contributed by atoms with Crippen molar-refractivity contribution in [3.8, 4) is 0 Å². The molecule has 0 unspecified atom stereocenters. The molecule has 1 aliphatic rings. The second kappa shape index (κ2) is 7.40. The van der Waals surface area contributed by atoms with Crippen LogP contribution in [0.5, 0.6) is 0 Å². The molecule has 2 aromatic carbocycles. The number of nitrogens with zero attached hydrogens (tertiary/aromatic N) is 3. The molecule has 0 saturated carbocycles. The van der Waals surface area contributed by atoms with E-state index in [-0.39, 0.29) is 18.2 Å². The molecule has 2 amide bonds. The first-order chi connectivity index (χ1) is 13.1. The van der Waals surface area contributed by atoms with Gasteiger partial charge in [-0.15, -0.1) is 0 Å². The fraction of sp³-hybridized carbons (Fsp3) is 0.250. The summed E-state index contributed by atoms with van der Waals surface area (Å²) >= 11 is 5.87. The molecule has 3 aromatic rings. The summed E-state index contributed by atoms with van der Waals surface area (Å²) in [4.78, 5) is 28.7. The van der Waals surface area contributed by atoms with Crippen LogP contribution in [0.1, 0.15) is 16.1 Å². The summed E-state index contributed by atoms with van der Waals surface area (Å²) in [5.41, 5.74) is 1.93. The molecule has 1 fully saturated rings. The van der Waals surface area contributed by atoms with Crippen LogP contribution in [-0.2, 0) is 11.2 Å². The first-order valence-electron chi connectivity index (χ1n) is 8.78. The van der Waals surface area contributed by atoms with E-state index in [0.29, 0.717) is 48.0 Å². The van der Waals surface area contributed by atoms with Gasteiger partial charge in [-0.25, -0.2) is 0 Å². The van der Waals surface area contributed by atoms with Crippen LogP contribution in [0.25, 0.3) is 11.0 Å². The normalized spacial score (nSPS) is 14.6. The monoisotopic (exact) mass is 383 g/mol. The van der Waals surface area contributed by atoms with Crippen molar-refractivity contribution in [1.29, 1.82) is 0 Å². The average molecular weight is 384 g/mol. The Morgan fingerprint density at radius 2 is 1.63 bits per heavy atom. The van der Waals surface area contributed by atoms with E-state index in [1.165, 1.54) is 0 Å². The Bertz CT molecular complexity index is 976. The molecule has 0 aliphatic carbocycles. The van der Waals surface area contributed by atoms with E-state index in [9.17, 15) is 9.59 Å². The number of piperazine rings is 1. The highest BCUT2D eigenvalue weighted by Crippen LogP contribution is 2.19. The van der Waals surface area contributed by atoms with E-state index in [1.54, 1.807) is 34.1 Å². The van der Waals surface area contributed by atoms with E-state index in [0.717, 1.165) is 5.39 Å². The van der Waals surface area contributed by atoms with Gasteiger partial charge in [0.1, 0.15) is 5.69 Å². The lowest BCUT2D eigenvalue weighted by Gasteiger charge is -2.34. The van der Waals surface area contributed by atoms with Crippen molar-refractivity contribution in [2.24, 2.45) is 0 Å². The zero-order chi connectivity index (χ0) is 18.8. The fourth-order valence-electron chi connectivity index (χ4n) is 3.25. The average Bonchev–Trinajstić information content (AvgIpc) is 3.11. The van der Waals surface area contributed by atoms with Gasteiger partial charge in [0, 0.05) is 42.2 Å². The largest absolute Gasteiger partial charge is 0.356 e. The number of aromatic nitrogens is 1. The SMILES string of the molecule is O=C(Cc1noc2ccccc12)N1CCN(C(=O)c2ccc(Cl)cc2)CC1. The smallest absolute Gasteiger partial charge is 0.253 e. The summed E-state index contributed by atoms with van der Waals surface area (Å²) in [6.45, 7) is 2.03. The Labute approximate surface area is 161 Å². The van der Waals surface area contributed by atoms with Gasteiger partial charge in [-0.05, 0) is 36.4 Å². The zero-order valence-corrected chi connectivity index (χ0v) is 15.4. The molecular formula is C20H18ClN3O3. The molecule has 4 rings (SSSR count). The van der Waals surface area contributed by atoms with Crippen molar-refractivity contribution < 1.29 is 14.1 Å². The maximum atomic E-state index is 12.6. The Kier molecular flexibility index (Phi) is 4.81. The Morgan fingerprint density at radius 1 is 0.963 bits per heavy atom. The quantitative estimate of drug-likeness (QED) is 0.697. The van der Waals surface area contributed by atoms with Gasteiger partial charge >= 0.3 is 0 Å². The number of carbonyl (C=O) groups excluding carboxylic acids is 2. The second-order valence-electron chi connectivity index (χ2n) is 6.48. The highest BCUT2D eigenvalue weighted by atomic mass is 35.5. The fourth-order valence-corrected chi connectivity index (χ4v) is 3.38. The van der Waals surface area contributed by atoms with Crippen molar-refractivity contribution in [1.82, 2.24) is 15.0 Å². The van der Waals surface area contributed by atoms with E-state index in [4.69, 9.17) is 16.1 Å². The molecule has 1 saturated heterocycles. The number of para-hydroxylation sites is 1. The number of carbonyl (C=O) groups is 2. The van der Waals surface area contributed by atoms with Crippen LogP contribution in [0.15, 0.2) is 53.1 Å². The minimum absolute atomic E-state index is 0.00681. The minimum Gasteiger partial charge on any atom is -0.356 e. The third-order valence-corrected chi connectivity index (χ3v) is 5.03. The zero-order valence-electron chi connectivity index (χ0n) is 14.6. The van der Waals surface area contributed by atoms with Crippen LogP contribution < -0.4 is 0 Å². The maximum Gasteiger partial charge on any atom is 0.253 e. The first kappa shape index (κ1) is 17.5. The molecule has 0 atom stereocenters. The first-order valence-corrected chi connectivity index (χ1v) is 9.15. The van der Waals surface area contributed by atoms with Crippen molar-refractivity contribution in [2.45, 2.75) is 6.42 Å². The number of fused-ring (bicyclic) bond motifs is 1. The summed E-state index contributed by atoms with van der Waals surface area (Å²) in [5, 5.41) is 5.48. The highest BCUT2D eigenvalue weighted by molar-refractivity contribution is 6.30. The number of halogens is 1. The number of amides is 2. The van der Waals surface area contributed by atoms with E-state index in [1.807, 2.05) is 24.3 Å². The molecule has 0 N–H and O–H groups in total. The minimum atomic E-state index is -0.0405. The number of rotatable bonds is 3. The summed E-state index contributed by atoms with van der Waals surface area (Å²) in [7, 11) is 0.